The summed E-state index contributed by atoms with van der Waals surface area (Å²) in [5.74, 6) is -1.37. The van der Waals surface area contributed by atoms with E-state index in [1.807, 2.05) is 0 Å². The van der Waals surface area contributed by atoms with Crippen LogP contribution in [0.5, 0.6) is 0 Å². The number of rotatable bonds is 4. The number of carbonyl (C=O) groups is 1. The molecule has 0 atom stereocenters. The van der Waals surface area contributed by atoms with Gasteiger partial charge < -0.3 is 4.74 Å². The second-order valence-corrected chi connectivity index (χ2v) is 10.5. The minimum absolute atomic E-state index is 0.0555. The molecule has 2 heterocycles. The smallest absolute Gasteiger partial charge is 0.265 e. The molecule has 0 unspecified atom stereocenters. The van der Waals surface area contributed by atoms with Crippen molar-refractivity contribution in [3.63, 3.8) is 0 Å². The van der Waals surface area contributed by atoms with Crippen molar-refractivity contribution in [3.8, 4) is 10.6 Å². The predicted octanol–water partition coefficient (Wildman–Crippen LogP) is 3.24. The van der Waals surface area contributed by atoms with Crippen LogP contribution < -0.4 is 5.48 Å². The van der Waals surface area contributed by atoms with E-state index in [1.54, 1.807) is 19.1 Å². The van der Waals surface area contributed by atoms with E-state index in [2.05, 4.69) is 4.98 Å². The van der Waals surface area contributed by atoms with Crippen molar-refractivity contribution in [2.24, 2.45) is 0 Å². The molecule has 7 nitrogen and oxygen atoms in total. The van der Waals surface area contributed by atoms with Gasteiger partial charge in [-0.15, -0.1) is 11.3 Å². The highest BCUT2D eigenvalue weighted by Gasteiger charge is 2.52. The maximum atomic E-state index is 14.3. The quantitative estimate of drug-likeness (QED) is 0.467. The average molecular weight is 451 g/mol. The van der Waals surface area contributed by atoms with Crippen LogP contribution in [0.4, 0.5) is 4.39 Å². The summed E-state index contributed by atoms with van der Waals surface area (Å²) in [7, 11) is -4.14. The van der Waals surface area contributed by atoms with E-state index in [0.717, 1.165) is 5.56 Å². The number of halogens is 1. The summed E-state index contributed by atoms with van der Waals surface area (Å²) in [6, 6.07) is 9.21. The highest BCUT2D eigenvalue weighted by molar-refractivity contribution is 7.93. The van der Waals surface area contributed by atoms with Crippen molar-refractivity contribution < 1.29 is 27.5 Å². The van der Waals surface area contributed by atoms with Gasteiger partial charge in [-0.3, -0.25) is 10.0 Å². The van der Waals surface area contributed by atoms with Crippen molar-refractivity contribution in [1.29, 1.82) is 0 Å². The number of benzene rings is 2. The molecule has 1 aliphatic heterocycles. The lowest BCUT2D eigenvalue weighted by Gasteiger charge is -2.34. The lowest BCUT2D eigenvalue weighted by molar-refractivity contribution is -0.134. The molecule has 0 radical (unpaired) electrons. The van der Waals surface area contributed by atoms with Crippen LogP contribution >= 0.6 is 11.3 Å². The fourth-order valence-corrected chi connectivity index (χ4v) is 6.70. The number of aromatic nitrogens is 1. The number of amides is 1. The second kappa shape index (κ2) is 7.69. The summed E-state index contributed by atoms with van der Waals surface area (Å²) in [6.45, 7) is 1.97. The fourth-order valence-electron chi connectivity index (χ4n) is 3.63. The molecule has 10 heteroatoms. The molecule has 1 aromatic heterocycles. The van der Waals surface area contributed by atoms with Crippen LogP contribution in [0, 0.1) is 12.7 Å². The first kappa shape index (κ1) is 20.9. The van der Waals surface area contributed by atoms with E-state index in [9.17, 15) is 17.6 Å². The van der Waals surface area contributed by atoms with E-state index in [0.29, 0.717) is 20.8 Å². The molecule has 1 saturated heterocycles. The van der Waals surface area contributed by atoms with Crippen LogP contribution in [-0.4, -0.2) is 42.5 Å². The first-order valence-electron chi connectivity index (χ1n) is 9.22. The van der Waals surface area contributed by atoms with Gasteiger partial charge in [-0.25, -0.2) is 23.3 Å². The zero-order valence-electron chi connectivity index (χ0n) is 16.0. The van der Waals surface area contributed by atoms with Crippen LogP contribution in [0.25, 0.3) is 20.8 Å². The van der Waals surface area contributed by atoms with Crippen LogP contribution in [-0.2, 0) is 19.4 Å². The Hall–Kier alpha value is -2.40. The monoisotopic (exact) mass is 450 g/mol. The van der Waals surface area contributed by atoms with Gasteiger partial charge in [0.05, 0.1) is 15.1 Å². The molecule has 30 heavy (non-hydrogen) atoms. The molecular formula is C20H19FN2O5S2. The van der Waals surface area contributed by atoms with Crippen LogP contribution in [0.2, 0.25) is 0 Å². The van der Waals surface area contributed by atoms with Gasteiger partial charge in [0.1, 0.15) is 10.8 Å². The highest BCUT2D eigenvalue weighted by atomic mass is 32.2. The SMILES string of the molecule is Cc1ccc(-c2nc3ccc(S(=O)(=O)C4(C(=O)NO)CCOCC4)cc3s2)c(F)c1. The van der Waals surface area contributed by atoms with Gasteiger partial charge >= 0.3 is 0 Å². The fraction of sp³-hybridized carbons (Fsp3) is 0.300. The molecule has 1 fully saturated rings. The number of carbonyl (C=O) groups excluding carboxylic acids is 1. The summed E-state index contributed by atoms with van der Waals surface area (Å²) in [5.41, 5.74) is 3.16. The molecule has 158 valence electrons. The third-order valence-corrected chi connectivity index (χ3v) is 8.90. The third-order valence-electron chi connectivity index (χ3n) is 5.36. The van der Waals surface area contributed by atoms with Crippen molar-refractivity contribution in [2.45, 2.75) is 29.4 Å². The molecular weight excluding hydrogens is 431 g/mol. The van der Waals surface area contributed by atoms with Gasteiger partial charge in [0.25, 0.3) is 5.91 Å². The lowest BCUT2D eigenvalue weighted by atomic mass is 9.98. The number of fused-ring (bicyclic) bond motifs is 1. The Morgan fingerprint density at radius 3 is 2.63 bits per heavy atom. The van der Waals surface area contributed by atoms with Gasteiger partial charge in [-0.2, -0.15) is 0 Å². The zero-order chi connectivity index (χ0) is 21.5. The van der Waals surface area contributed by atoms with Crippen molar-refractivity contribution in [1.82, 2.24) is 10.5 Å². The van der Waals surface area contributed by atoms with Gasteiger partial charge in [-0.1, -0.05) is 6.07 Å². The minimum atomic E-state index is -4.14. The number of hydrogen-bond donors (Lipinski definition) is 2. The Balaban J connectivity index is 1.80. The first-order valence-corrected chi connectivity index (χ1v) is 11.5. The molecule has 0 bridgehead atoms. The maximum Gasteiger partial charge on any atom is 0.265 e. The normalized spacial score (nSPS) is 16.5. The zero-order valence-corrected chi connectivity index (χ0v) is 17.6. The Morgan fingerprint density at radius 2 is 1.97 bits per heavy atom. The number of thiazole rings is 1. The molecule has 2 N–H and O–H groups in total. The Kier molecular flexibility index (Phi) is 5.35. The largest absolute Gasteiger partial charge is 0.381 e. The van der Waals surface area contributed by atoms with Gasteiger partial charge in [0, 0.05) is 18.8 Å². The van der Waals surface area contributed by atoms with E-state index in [-0.39, 0.29) is 31.0 Å². The van der Waals surface area contributed by atoms with Crippen LogP contribution in [0.1, 0.15) is 18.4 Å². The van der Waals surface area contributed by atoms with Gasteiger partial charge in [0.2, 0.25) is 0 Å². The topological polar surface area (TPSA) is 106 Å². The average Bonchev–Trinajstić information content (AvgIpc) is 3.16. The van der Waals surface area contributed by atoms with Crippen LogP contribution in [0.3, 0.4) is 0 Å². The molecule has 3 aromatic rings. The van der Waals surface area contributed by atoms with Gasteiger partial charge in [-0.05, 0) is 55.7 Å². The Labute approximate surface area is 176 Å². The molecule has 1 amide bonds. The number of nitrogens with one attached hydrogen (secondary N) is 1. The highest BCUT2D eigenvalue weighted by Crippen LogP contribution is 2.38. The van der Waals surface area contributed by atoms with E-state index < -0.39 is 26.3 Å². The molecule has 2 aromatic carbocycles. The van der Waals surface area contributed by atoms with Crippen molar-refractivity contribution >= 4 is 37.3 Å². The summed E-state index contributed by atoms with van der Waals surface area (Å²) in [4.78, 5) is 16.7. The predicted molar refractivity (Wildman–Crippen MR) is 110 cm³/mol. The molecule has 4 rings (SSSR count). The van der Waals surface area contributed by atoms with E-state index >= 15 is 0 Å². The number of nitrogens with zero attached hydrogens (tertiary/aromatic N) is 1. The standard InChI is InChI=1S/C20H19FN2O5S2/c1-12-2-4-14(15(21)10-12)18-22-16-5-3-13(11-17(16)29-18)30(26,27)20(19(24)23-25)6-8-28-9-7-20/h2-5,10-11,25H,6-9H2,1H3,(H,23,24). The number of hydroxylamine groups is 1. The number of aryl methyl sites for hydroxylation is 1. The van der Waals surface area contributed by atoms with E-state index in [1.165, 1.54) is 41.1 Å². The number of ether oxygens (including phenoxy) is 1. The molecule has 0 saturated carbocycles. The van der Waals surface area contributed by atoms with Crippen molar-refractivity contribution in [3.05, 3.63) is 47.8 Å². The summed E-state index contributed by atoms with van der Waals surface area (Å²) >= 11 is 1.17. The first-order chi connectivity index (χ1) is 14.3. The Morgan fingerprint density at radius 1 is 1.23 bits per heavy atom. The summed E-state index contributed by atoms with van der Waals surface area (Å²) in [5, 5.41) is 9.60. The van der Waals surface area contributed by atoms with E-state index in [4.69, 9.17) is 9.94 Å². The number of hydrogen-bond acceptors (Lipinski definition) is 7. The van der Waals surface area contributed by atoms with Gasteiger partial charge in [0.15, 0.2) is 14.6 Å². The molecule has 0 spiro atoms. The minimum Gasteiger partial charge on any atom is -0.381 e. The number of sulfone groups is 1. The second-order valence-electron chi connectivity index (χ2n) is 7.18. The third kappa shape index (κ3) is 3.29. The molecule has 0 aliphatic carbocycles. The maximum absolute atomic E-state index is 14.3. The Bertz CT molecular complexity index is 1230. The lowest BCUT2D eigenvalue weighted by Crippen LogP contribution is -2.54. The molecule has 1 aliphatic rings. The van der Waals surface area contributed by atoms with Crippen LogP contribution in [0.15, 0.2) is 41.3 Å². The summed E-state index contributed by atoms with van der Waals surface area (Å²) < 4.78 is 45.1. The van der Waals surface area contributed by atoms with Crippen molar-refractivity contribution in [2.75, 3.05) is 13.2 Å². The summed E-state index contributed by atoms with van der Waals surface area (Å²) in [6.07, 6.45) is -0.134.